The predicted octanol–water partition coefficient (Wildman–Crippen LogP) is 2.73. The zero-order chi connectivity index (χ0) is 27.9. The third-order valence-corrected chi connectivity index (χ3v) is 9.96. The molecule has 4 rings (SSSR count). The van der Waals surface area contributed by atoms with Crippen LogP contribution in [0.15, 0.2) is 23.3 Å². The Morgan fingerprint density at radius 1 is 1.14 bits per heavy atom. The van der Waals surface area contributed by atoms with Crippen molar-refractivity contribution in [1.29, 1.82) is 0 Å². The van der Waals surface area contributed by atoms with E-state index in [-0.39, 0.29) is 13.0 Å². The number of hydrogen-bond acceptors (Lipinski definition) is 8. The molecule has 0 aromatic rings. The molecule has 0 spiro atoms. The van der Waals surface area contributed by atoms with Gasteiger partial charge in [-0.3, -0.25) is 14.4 Å². The lowest BCUT2D eigenvalue weighted by Crippen LogP contribution is -2.66. The molecular formula is C29H42O8. The van der Waals surface area contributed by atoms with E-state index in [4.69, 9.17) is 9.47 Å². The lowest BCUT2D eigenvalue weighted by molar-refractivity contribution is -0.231. The number of hydrogen-bond donors (Lipinski definition) is 3. The number of esters is 2. The van der Waals surface area contributed by atoms with Crippen molar-refractivity contribution in [2.24, 2.45) is 40.9 Å². The van der Waals surface area contributed by atoms with Gasteiger partial charge in [-0.1, -0.05) is 60.6 Å². The summed E-state index contributed by atoms with van der Waals surface area (Å²) in [4.78, 5) is 39.4. The minimum Gasteiger partial charge on any atom is -0.457 e. The van der Waals surface area contributed by atoms with Gasteiger partial charge in [0.05, 0.1) is 24.0 Å². The molecule has 37 heavy (non-hydrogen) atoms. The van der Waals surface area contributed by atoms with E-state index >= 15 is 0 Å². The maximum atomic E-state index is 13.2. The summed E-state index contributed by atoms with van der Waals surface area (Å²) in [5, 5.41) is 34.6. The van der Waals surface area contributed by atoms with Gasteiger partial charge in [0.15, 0.2) is 11.4 Å². The Hall–Kier alpha value is -2.03. The third-order valence-electron chi connectivity index (χ3n) is 9.96. The summed E-state index contributed by atoms with van der Waals surface area (Å²) in [6.07, 6.45) is 2.81. The molecule has 9 atom stereocenters. The van der Waals surface area contributed by atoms with Gasteiger partial charge < -0.3 is 24.8 Å². The molecule has 2 fully saturated rings. The minimum absolute atomic E-state index is 0.115. The summed E-state index contributed by atoms with van der Waals surface area (Å²) < 4.78 is 12.4. The van der Waals surface area contributed by atoms with Crippen molar-refractivity contribution in [1.82, 2.24) is 0 Å². The number of ether oxygens (including phenoxy) is 2. The standard InChI is InChI=1S/C29H42O8/c1-9-15(4)25(33)36-23-17(6)28(35)19(21-26(7,8)29(21,23)37-24(32)14(2)3)11-18(13-30)12-27(34)20(28)10-16(5)22(27)31/h10-11,14-15,17,19-21,23,30,34-35H,9,12-13H2,1-8H3/t15-,17-,19+,20-,21+,23+,27+,28-,29-/m0/s1. The smallest absolute Gasteiger partial charge is 0.309 e. The summed E-state index contributed by atoms with van der Waals surface area (Å²) in [5.41, 5.74) is -4.78. The molecule has 0 bridgehead atoms. The molecule has 8 heteroatoms. The Morgan fingerprint density at radius 3 is 2.30 bits per heavy atom. The Morgan fingerprint density at radius 2 is 1.76 bits per heavy atom. The summed E-state index contributed by atoms with van der Waals surface area (Å²) in [7, 11) is 0. The summed E-state index contributed by atoms with van der Waals surface area (Å²) in [6, 6.07) is 0. The van der Waals surface area contributed by atoms with E-state index in [0.29, 0.717) is 17.6 Å². The largest absolute Gasteiger partial charge is 0.457 e. The number of ketones is 1. The van der Waals surface area contributed by atoms with Crippen LogP contribution in [-0.4, -0.2) is 62.6 Å². The molecule has 0 aliphatic heterocycles. The number of carbonyl (C=O) groups is 3. The van der Waals surface area contributed by atoms with Crippen LogP contribution in [0.3, 0.4) is 0 Å². The number of aliphatic hydroxyl groups is 3. The first kappa shape index (κ1) is 28.0. The maximum Gasteiger partial charge on any atom is 0.309 e. The maximum absolute atomic E-state index is 13.2. The van der Waals surface area contributed by atoms with Gasteiger partial charge in [-0.15, -0.1) is 0 Å². The molecule has 206 valence electrons. The van der Waals surface area contributed by atoms with Crippen LogP contribution in [-0.2, 0) is 23.9 Å². The van der Waals surface area contributed by atoms with Crippen molar-refractivity contribution in [2.75, 3.05) is 6.61 Å². The summed E-state index contributed by atoms with van der Waals surface area (Å²) in [5.74, 6) is -5.15. The van der Waals surface area contributed by atoms with E-state index in [1.165, 1.54) is 0 Å². The lowest BCUT2D eigenvalue weighted by Gasteiger charge is -2.53. The number of aliphatic hydroxyl groups excluding tert-OH is 1. The first-order chi connectivity index (χ1) is 17.0. The topological polar surface area (TPSA) is 130 Å². The first-order valence-electron chi connectivity index (χ1n) is 13.5. The van der Waals surface area contributed by atoms with E-state index in [0.717, 1.165) is 0 Å². The summed E-state index contributed by atoms with van der Waals surface area (Å²) in [6.45, 7) is 13.9. The van der Waals surface area contributed by atoms with E-state index in [1.807, 2.05) is 20.8 Å². The molecule has 0 saturated heterocycles. The van der Waals surface area contributed by atoms with Gasteiger partial charge in [0.25, 0.3) is 0 Å². The second kappa shape index (κ2) is 8.75. The van der Waals surface area contributed by atoms with Crippen LogP contribution in [0, 0.1) is 40.9 Å². The molecule has 0 aromatic carbocycles. The molecule has 2 saturated carbocycles. The highest BCUT2D eigenvalue weighted by atomic mass is 16.6. The van der Waals surface area contributed by atoms with Gasteiger partial charge in [-0.25, -0.2) is 0 Å². The van der Waals surface area contributed by atoms with Crippen molar-refractivity contribution in [2.45, 2.75) is 91.1 Å². The number of fused-ring (bicyclic) bond motifs is 5. The molecule has 4 aliphatic rings. The lowest BCUT2D eigenvalue weighted by atomic mass is 9.59. The number of rotatable bonds is 6. The zero-order valence-electron chi connectivity index (χ0n) is 23.2. The fourth-order valence-electron chi connectivity index (χ4n) is 7.52. The Bertz CT molecular complexity index is 1070. The Kier molecular flexibility index (Phi) is 6.62. The van der Waals surface area contributed by atoms with Gasteiger partial charge >= 0.3 is 11.9 Å². The van der Waals surface area contributed by atoms with Crippen LogP contribution >= 0.6 is 0 Å². The predicted molar refractivity (Wildman–Crippen MR) is 135 cm³/mol. The number of Topliss-reactive ketones (excluding diaryl/α,β-unsaturated/α-hetero) is 1. The van der Waals surface area contributed by atoms with Crippen LogP contribution in [0.1, 0.15) is 68.2 Å². The van der Waals surface area contributed by atoms with Crippen molar-refractivity contribution in [3.8, 4) is 0 Å². The van der Waals surface area contributed by atoms with Crippen LogP contribution in [0.4, 0.5) is 0 Å². The molecule has 8 nitrogen and oxygen atoms in total. The SMILES string of the molecule is CC[C@H](C)C(=O)O[C@@H]1[C@H](C)[C@]2(O)[C@H](C=C(CO)C[C@]3(O)C(=O)C(C)=C[C@H]23)[C@@H]2C(C)(C)[C@@]12OC(=O)C(C)C. The first-order valence-corrected chi connectivity index (χ1v) is 13.5. The Labute approximate surface area is 219 Å². The quantitative estimate of drug-likeness (QED) is 0.361. The third kappa shape index (κ3) is 3.54. The number of carbonyl (C=O) groups excluding carboxylic acids is 3. The van der Waals surface area contributed by atoms with Crippen molar-refractivity contribution >= 4 is 17.7 Å². The van der Waals surface area contributed by atoms with E-state index in [9.17, 15) is 29.7 Å². The molecule has 0 unspecified atom stereocenters. The normalized spacial score (nSPS) is 42.5. The molecular weight excluding hydrogens is 476 g/mol. The van der Waals surface area contributed by atoms with Crippen LogP contribution < -0.4 is 0 Å². The fraction of sp³-hybridized carbons (Fsp3) is 0.759. The minimum atomic E-state index is -1.94. The second-order valence-electron chi connectivity index (χ2n) is 12.7. The molecule has 0 aromatic heterocycles. The van der Waals surface area contributed by atoms with E-state index in [2.05, 4.69) is 0 Å². The van der Waals surface area contributed by atoms with Gasteiger partial charge in [0, 0.05) is 35.5 Å². The van der Waals surface area contributed by atoms with E-state index in [1.54, 1.807) is 46.8 Å². The Balaban J connectivity index is 1.94. The highest BCUT2D eigenvalue weighted by molar-refractivity contribution is 6.04. The van der Waals surface area contributed by atoms with Crippen LogP contribution in [0.25, 0.3) is 0 Å². The van der Waals surface area contributed by atoms with E-state index < -0.39 is 81.6 Å². The molecule has 4 aliphatic carbocycles. The molecule has 0 heterocycles. The van der Waals surface area contributed by atoms with Gasteiger partial charge in [0.2, 0.25) is 0 Å². The zero-order valence-corrected chi connectivity index (χ0v) is 23.2. The summed E-state index contributed by atoms with van der Waals surface area (Å²) >= 11 is 0. The van der Waals surface area contributed by atoms with Crippen LogP contribution in [0.2, 0.25) is 0 Å². The molecule has 0 radical (unpaired) electrons. The molecule has 0 amide bonds. The highest BCUT2D eigenvalue weighted by Crippen LogP contribution is 2.77. The average Bonchev–Trinajstić information content (AvgIpc) is 3.26. The van der Waals surface area contributed by atoms with Crippen molar-refractivity contribution < 1.29 is 39.2 Å². The highest BCUT2D eigenvalue weighted by Gasteiger charge is 2.88. The second-order valence-corrected chi connectivity index (χ2v) is 12.7. The monoisotopic (exact) mass is 518 g/mol. The molecule has 3 N–H and O–H groups in total. The van der Waals surface area contributed by atoms with Crippen molar-refractivity contribution in [3.05, 3.63) is 23.3 Å². The van der Waals surface area contributed by atoms with Gasteiger partial charge in [0.1, 0.15) is 11.7 Å². The van der Waals surface area contributed by atoms with Gasteiger partial charge in [-0.2, -0.15) is 0 Å². The van der Waals surface area contributed by atoms with Crippen molar-refractivity contribution in [3.63, 3.8) is 0 Å². The fourth-order valence-corrected chi connectivity index (χ4v) is 7.52. The van der Waals surface area contributed by atoms with Crippen LogP contribution in [0.5, 0.6) is 0 Å². The van der Waals surface area contributed by atoms with Gasteiger partial charge in [-0.05, 0) is 24.5 Å². The average molecular weight is 519 g/mol.